The molecule has 8 heteroatoms. The Morgan fingerprint density at radius 3 is 2.72 bits per heavy atom. The SMILES string of the molecule is COC(=O)c1ccc(CN(C)c2nc(CN3CCOCC3)nc3sc4c(c23)CCC4)cc1. The molecule has 0 atom stereocenters. The summed E-state index contributed by atoms with van der Waals surface area (Å²) in [7, 11) is 3.49. The highest BCUT2D eigenvalue weighted by molar-refractivity contribution is 7.19. The number of nitrogens with zero attached hydrogens (tertiary/aromatic N) is 4. The Bertz CT molecular complexity index is 1120. The van der Waals surface area contributed by atoms with E-state index in [4.69, 9.17) is 19.4 Å². The average molecular weight is 453 g/mol. The van der Waals surface area contributed by atoms with Gasteiger partial charge < -0.3 is 14.4 Å². The average Bonchev–Trinajstić information content (AvgIpc) is 3.40. The minimum absolute atomic E-state index is 0.316. The van der Waals surface area contributed by atoms with Gasteiger partial charge in [0.1, 0.15) is 16.5 Å². The van der Waals surface area contributed by atoms with E-state index in [9.17, 15) is 4.79 Å². The van der Waals surface area contributed by atoms with Crippen LogP contribution in [0.4, 0.5) is 5.82 Å². The summed E-state index contributed by atoms with van der Waals surface area (Å²) in [6.07, 6.45) is 3.47. The zero-order chi connectivity index (χ0) is 22.1. The standard InChI is InChI=1S/C24H28N4O3S/c1-27(14-16-6-8-17(9-7-16)24(29)30-2)22-21-18-4-3-5-19(18)32-23(21)26-20(25-22)15-28-10-12-31-13-11-28/h6-9H,3-5,10-15H2,1-2H3. The lowest BCUT2D eigenvalue weighted by Gasteiger charge is -2.26. The fourth-order valence-corrected chi connectivity index (χ4v) is 5.81. The van der Waals surface area contributed by atoms with Crippen molar-refractivity contribution in [3.8, 4) is 0 Å². The second-order valence-corrected chi connectivity index (χ2v) is 9.52. The number of hydrogen-bond donors (Lipinski definition) is 0. The molecule has 168 valence electrons. The number of methoxy groups -OCH3 is 1. The molecule has 0 saturated carbocycles. The lowest BCUT2D eigenvalue weighted by Crippen LogP contribution is -2.36. The first-order chi connectivity index (χ1) is 15.6. The summed E-state index contributed by atoms with van der Waals surface area (Å²) in [5, 5.41) is 1.22. The van der Waals surface area contributed by atoms with Crippen molar-refractivity contribution in [1.82, 2.24) is 14.9 Å². The molecular weight excluding hydrogens is 424 g/mol. The normalized spacial score (nSPS) is 16.3. The van der Waals surface area contributed by atoms with Crippen LogP contribution < -0.4 is 4.90 Å². The molecule has 32 heavy (non-hydrogen) atoms. The number of carbonyl (C=O) groups excluding carboxylic acids is 1. The number of carbonyl (C=O) groups is 1. The Morgan fingerprint density at radius 1 is 1.19 bits per heavy atom. The van der Waals surface area contributed by atoms with Gasteiger partial charge >= 0.3 is 5.97 Å². The molecule has 0 amide bonds. The van der Waals surface area contributed by atoms with Crippen LogP contribution >= 0.6 is 11.3 Å². The van der Waals surface area contributed by atoms with Crippen molar-refractivity contribution in [2.75, 3.05) is 45.4 Å². The number of rotatable bonds is 6. The minimum atomic E-state index is -0.316. The summed E-state index contributed by atoms with van der Waals surface area (Å²) in [6.45, 7) is 4.82. The monoisotopic (exact) mass is 452 g/mol. The number of benzene rings is 1. The fourth-order valence-electron chi connectivity index (χ4n) is 4.54. The van der Waals surface area contributed by atoms with Gasteiger partial charge in [-0.3, -0.25) is 4.90 Å². The Balaban J connectivity index is 1.45. The number of aryl methyl sites for hydroxylation is 2. The van der Waals surface area contributed by atoms with Gasteiger partial charge in [0.25, 0.3) is 0 Å². The number of morpholine rings is 1. The molecule has 2 aromatic heterocycles. The van der Waals surface area contributed by atoms with Crippen molar-refractivity contribution in [1.29, 1.82) is 0 Å². The maximum absolute atomic E-state index is 11.7. The van der Waals surface area contributed by atoms with Crippen LogP contribution in [0.5, 0.6) is 0 Å². The predicted octanol–water partition coefficient (Wildman–Crippen LogP) is 3.44. The van der Waals surface area contributed by atoms with Crippen LogP contribution in [0.1, 0.15) is 38.6 Å². The van der Waals surface area contributed by atoms with E-state index in [2.05, 4.69) is 16.8 Å². The van der Waals surface area contributed by atoms with Crippen LogP contribution in [0, 0.1) is 0 Å². The van der Waals surface area contributed by atoms with E-state index in [1.165, 1.54) is 29.4 Å². The number of esters is 1. The summed E-state index contributed by atoms with van der Waals surface area (Å²) in [4.78, 5) is 28.9. The zero-order valence-electron chi connectivity index (χ0n) is 18.6. The van der Waals surface area contributed by atoms with Gasteiger partial charge in [0.05, 0.1) is 37.8 Å². The number of anilines is 1. The van der Waals surface area contributed by atoms with E-state index in [0.717, 1.165) is 67.7 Å². The molecule has 0 bridgehead atoms. The van der Waals surface area contributed by atoms with E-state index >= 15 is 0 Å². The van der Waals surface area contributed by atoms with Crippen LogP contribution in [-0.2, 0) is 35.4 Å². The van der Waals surface area contributed by atoms with Crippen LogP contribution in [0.15, 0.2) is 24.3 Å². The van der Waals surface area contributed by atoms with Crippen LogP contribution in [-0.4, -0.2) is 61.3 Å². The van der Waals surface area contributed by atoms with E-state index in [1.807, 2.05) is 35.6 Å². The topological polar surface area (TPSA) is 67.8 Å². The van der Waals surface area contributed by atoms with Gasteiger partial charge in [0, 0.05) is 31.6 Å². The van der Waals surface area contributed by atoms with Crippen molar-refractivity contribution in [3.63, 3.8) is 0 Å². The third-order valence-electron chi connectivity index (χ3n) is 6.22. The Morgan fingerprint density at radius 2 is 1.97 bits per heavy atom. The molecule has 1 fully saturated rings. The number of aromatic nitrogens is 2. The second-order valence-electron chi connectivity index (χ2n) is 8.43. The van der Waals surface area contributed by atoms with Gasteiger partial charge in [-0.15, -0.1) is 11.3 Å². The van der Waals surface area contributed by atoms with E-state index in [-0.39, 0.29) is 5.97 Å². The molecular formula is C24H28N4O3S. The summed E-state index contributed by atoms with van der Waals surface area (Å²) < 4.78 is 10.3. The summed E-state index contributed by atoms with van der Waals surface area (Å²) in [6, 6.07) is 7.59. The van der Waals surface area contributed by atoms with Crippen LogP contribution in [0.2, 0.25) is 0 Å². The van der Waals surface area contributed by atoms with Gasteiger partial charge in [-0.25, -0.2) is 14.8 Å². The predicted molar refractivity (Wildman–Crippen MR) is 125 cm³/mol. The van der Waals surface area contributed by atoms with Gasteiger partial charge in [-0.1, -0.05) is 12.1 Å². The van der Waals surface area contributed by atoms with Gasteiger partial charge in [0.2, 0.25) is 0 Å². The van der Waals surface area contributed by atoms with E-state index < -0.39 is 0 Å². The highest BCUT2D eigenvalue weighted by Crippen LogP contribution is 2.40. The largest absolute Gasteiger partial charge is 0.465 e. The van der Waals surface area contributed by atoms with Crippen molar-refractivity contribution < 1.29 is 14.3 Å². The molecule has 0 radical (unpaired) electrons. The van der Waals surface area contributed by atoms with Crippen molar-refractivity contribution in [2.24, 2.45) is 0 Å². The zero-order valence-corrected chi connectivity index (χ0v) is 19.4. The molecule has 1 aliphatic heterocycles. The Kier molecular flexibility index (Phi) is 6.08. The first kappa shape index (κ1) is 21.3. The fraction of sp³-hybridized carbons (Fsp3) is 0.458. The second kappa shape index (κ2) is 9.13. The molecule has 0 unspecified atom stereocenters. The van der Waals surface area contributed by atoms with Gasteiger partial charge in [0.15, 0.2) is 0 Å². The molecule has 1 saturated heterocycles. The molecule has 0 N–H and O–H groups in total. The van der Waals surface area contributed by atoms with Crippen LogP contribution in [0.3, 0.4) is 0 Å². The molecule has 7 nitrogen and oxygen atoms in total. The number of ether oxygens (including phenoxy) is 2. The molecule has 3 heterocycles. The summed E-state index contributed by atoms with van der Waals surface area (Å²) in [5.41, 5.74) is 3.12. The minimum Gasteiger partial charge on any atom is -0.465 e. The number of hydrogen-bond acceptors (Lipinski definition) is 8. The van der Waals surface area contributed by atoms with E-state index in [1.54, 1.807) is 0 Å². The third-order valence-corrected chi connectivity index (χ3v) is 7.40. The molecule has 3 aromatic rings. The smallest absolute Gasteiger partial charge is 0.337 e. The maximum Gasteiger partial charge on any atom is 0.337 e. The Hall–Kier alpha value is -2.55. The first-order valence-corrected chi connectivity index (χ1v) is 11.9. The van der Waals surface area contributed by atoms with Gasteiger partial charge in [-0.05, 0) is 42.5 Å². The van der Waals surface area contributed by atoms with E-state index in [0.29, 0.717) is 12.1 Å². The van der Waals surface area contributed by atoms with Gasteiger partial charge in [-0.2, -0.15) is 0 Å². The quantitative estimate of drug-likeness (QED) is 0.531. The summed E-state index contributed by atoms with van der Waals surface area (Å²) >= 11 is 1.84. The van der Waals surface area contributed by atoms with Crippen molar-refractivity contribution >= 4 is 33.3 Å². The lowest BCUT2D eigenvalue weighted by atomic mass is 10.1. The third kappa shape index (κ3) is 4.22. The van der Waals surface area contributed by atoms with Crippen molar-refractivity contribution in [3.05, 3.63) is 51.7 Å². The van der Waals surface area contributed by atoms with Crippen LogP contribution in [0.25, 0.3) is 10.2 Å². The lowest BCUT2D eigenvalue weighted by molar-refractivity contribution is 0.0331. The first-order valence-electron chi connectivity index (χ1n) is 11.1. The Labute approximate surface area is 192 Å². The molecule has 5 rings (SSSR count). The highest BCUT2D eigenvalue weighted by Gasteiger charge is 2.24. The number of fused-ring (bicyclic) bond motifs is 3. The maximum atomic E-state index is 11.7. The summed E-state index contributed by atoms with van der Waals surface area (Å²) in [5.74, 6) is 1.57. The molecule has 1 aromatic carbocycles. The van der Waals surface area contributed by atoms with Crippen molar-refractivity contribution in [2.45, 2.75) is 32.4 Å². The molecule has 2 aliphatic rings. The molecule has 1 aliphatic carbocycles. The number of thiophene rings is 1. The highest BCUT2D eigenvalue weighted by atomic mass is 32.1. The molecule has 0 spiro atoms.